The summed E-state index contributed by atoms with van der Waals surface area (Å²) in [5.74, 6) is 0. The summed E-state index contributed by atoms with van der Waals surface area (Å²) in [6.07, 6.45) is 1.92. The Balaban J connectivity index is 0.000000980. The molecule has 0 radical (unpaired) electrons. The first-order valence-electron chi connectivity index (χ1n) is 4.25. The topological polar surface area (TPSA) is 16.8 Å². The number of aromatic nitrogens is 2. The van der Waals surface area contributed by atoms with E-state index in [2.05, 4.69) is 17.2 Å². The fourth-order valence-electron chi connectivity index (χ4n) is 1.26. The molecular weight excluding hydrogens is 287 g/mol. The minimum absolute atomic E-state index is 0. The van der Waals surface area contributed by atoms with Gasteiger partial charge in [-0.1, -0.05) is 35.0 Å². The molecule has 2 rings (SSSR count). The number of halogens is 1. The molecule has 0 aliphatic heterocycles. The molecule has 0 fully saturated rings. The monoisotopic (exact) mass is 298 g/mol. The van der Waals surface area contributed by atoms with E-state index in [0.717, 1.165) is 11.3 Å². The maximum Gasteiger partial charge on any atom is 0.196 e. The first-order chi connectivity index (χ1) is 6.36. The van der Waals surface area contributed by atoms with Crippen molar-refractivity contribution in [2.45, 2.75) is 0 Å². The van der Waals surface area contributed by atoms with Gasteiger partial charge in [-0.25, -0.2) is 0 Å². The largest absolute Gasteiger partial charge is 1.00 e. The highest BCUT2D eigenvalue weighted by atomic mass is 127. The zero-order valence-electron chi connectivity index (χ0n) is 7.89. The van der Waals surface area contributed by atoms with Crippen molar-refractivity contribution in [3.63, 3.8) is 0 Å². The molecule has 0 amide bonds. The van der Waals surface area contributed by atoms with Crippen molar-refractivity contribution in [2.75, 3.05) is 0 Å². The predicted octanol–water partition coefficient (Wildman–Crippen LogP) is -1.42. The normalized spacial score (nSPS) is 9.21. The van der Waals surface area contributed by atoms with Crippen LogP contribution in [0, 0.1) is 0 Å². The van der Waals surface area contributed by atoms with E-state index in [1.54, 1.807) is 0 Å². The fraction of sp³-hybridized carbons (Fsp3) is 0.0909. The van der Waals surface area contributed by atoms with Gasteiger partial charge in [0.25, 0.3) is 0 Å². The Morgan fingerprint density at radius 1 is 1.00 bits per heavy atom. The summed E-state index contributed by atoms with van der Waals surface area (Å²) < 4.78 is 1.81. The van der Waals surface area contributed by atoms with E-state index in [0.29, 0.717) is 0 Å². The van der Waals surface area contributed by atoms with Gasteiger partial charge in [-0.15, -0.1) is 0 Å². The van der Waals surface area contributed by atoms with Crippen LogP contribution in [-0.2, 0) is 7.05 Å². The van der Waals surface area contributed by atoms with Crippen LogP contribution in [0.15, 0.2) is 48.7 Å². The SMILES string of the molecule is C[n+]1cccc(-c2ccccc2)n1.[I-]. The van der Waals surface area contributed by atoms with Gasteiger partial charge < -0.3 is 24.0 Å². The van der Waals surface area contributed by atoms with Crippen molar-refractivity contribution in [1.82, 2.24) is 5.10 Å². The third kappa shape index (κ3) is 2.51. The van der Waals surface area contributed by atoms with Crippen LogP contribution < -0.4 is 28.7 Å². The molecule has 2 aromatic rings. The Hall–Kier alpha value is -0.970. The van der Waals surface area contributed by atoms with E-state index in [1.165, 1.54) is 0 Å². The predicted molar refractivity (Wildman–Crippen MR) is 50.8 cm³/mol. The van der Waals surface area contributed by atoms with Gasteiger partial charge in [0.05, 0.1) is 0 Å². The summed E-state index contributed by atoms with van der Waals surface area (Å²) in [5, 5.41) is 4.36. The van der Waals surface area contributed by atoms with Crippen LogP contribution in [0.1, 0.15) is 0 Å². The smallest absolute Gasteiger partial charge is 0.196 e. The highest BCUT2D eigenvalue weighted by molar-refractivity contribution is 5.57. The van der Waals surface area contributed by atoms with Gasteiger partial charge in [0, 0.05) is 11.6 Å². The molecule has 1 aromatic carbocycles. The lowest BCUT2D eigenvalue weighted by atomic mass is 10.1. The first kappa shape index (κ1) is 11.1. The van der Waals surface area contributed by atoms with Crippen LogP contribution in [-0.4, -0.2) is 5.10 Å². The van der Waals surface area contributed by atoms with Gasteiger partial charge in [-0.2, -0.15) is 0 Å². The van der Waals surface area contributed by atoms with Crippen molar-refractivity contribution in [1.29, 1.82) is 0 Å². The summed E-state index contributed by atoms with van der Waals surface area (Å²) in [6.45, 7) is 0. The number of aryl methyl sites for hydroxylation is 1. The van der Waals surface area contributed by atoms with Crippen LogP contribution in [0.4, 0.5) is 0 Å². The molecule has 0 unspecified atom stereocenters. The quantitative estimate of drug-likeness (QED) is 0.466. The highest BCUT2D eigenvalue weighted by Crippen LogP contribution is 2.13. The van der Waals surface area contributed by atoms with Gasteiger partial charge >= 0.3 is 0 Å². The Morgan fingerprint density at radius 2 is 1.71 bits per heavy atom. The van der Waals surface area contributed by atoms with Crippen LogP contribution in [0.5, 0.6) is 0 Å². The van der Waals surface area contributed by atoms with E-state index in [9.17, 15) is 0 Å². The molecule has 0 saturated heterocycles. The molecule has 0 spiro atoms. The molecule has 0 saturated carbocycles. The van der Waals surface area contributed by atoms with E-state index in [1.807, 2.05) is 48.3 Å². The minimum Gasteiger partial charge on any atom is -1.00 e. The number of hydrogen-bond acceptors (Lipinski definition) is 1. The summed E-state index contributed by atoms with van der Waals surface area (Å²) >= 11 is 0. The average Bonchev–Trinajstić information content (AvgIpc) is 2.19. The molecule has 1 heterocycles. The highest BCUT2D eigenvalue weighted by Gasteiger charge is 2.01. The van der Waals surface area contributed by atoms with Crippen LogP contribution in [0.25, 0.3) is 11.3 Å². The summed E-state index contributed by atoms with van der Waals surface area (Å²) in [6, 6.07) is 14.2. The third-order valence-electron chi connectivity index (χ3n) is 1.89. The number of nitrogens with zero attached hydrogens (tertiary/aromatic N) is 2. The van der Waals surface area contributed by atoms with Gasteiger partial charge in [0.15, 0.2) is 13.2 Å². The van der Waals surface area contributed by atoms with Crippen molar-refractivity contribution in [2.24, 2.45) is 7.05 Å². The average molecular weight is 298 g/mol. The lowest BCUT2D eigenvalue weighted by Gasteiger charge is -1.95. The van der Waals surface area contributed by atoms with Gasteiger partial charge in [-0.05, 0) is 11.2 Å². The second kappa shape index (κ2) is 5.05. The lowest BCUT2D eigenvalue weighted by Crippen LogP contribution is -3.00. The standard InChI is InChI=1S/C11H11N2.HI/c1-13-9-5-8-11(12-13)10-6-3-2-4-7-10;/h2-9H,1H3;1H/q+1;/p-1. The zero-order chi connectivity index (χ0) is 9.10. The molecule has 0 atom stereocenters. The van der Waals surface area contributed by atoms with Crippen molar-refractivity contribution >= 4 is 0 Å². The number of benzene rings is 1. The van der Waals surface area contributed by atoms with Crippen molar-refractivity contribution in [3.05, 3.63) is 48.7 Å². The Bertz CT molecular complexity index is 401. The number of rotatable bonds is 1. The molecule has 0 aliphatic rings. The van der Waals surface area contributed by atoms with Crippen LogP contribution >= 0.6 is 0 Å². The third-order valence-corrected chi connectivity index (χ3v) is 1.89. The molecule has 0 bridgehead atoms. The zero-order valence-corrected chi connectivity index (χ0v) is 10.0. The maximum atomic E-state index is 4.36. The maximum absolute atomic E-state index is 4.36. The summed E-state index contributed by atoms with van der Waals surface area (Å²) in [4.78, 5) is 0. The van der Waals surface area contributed by atoms with Crippen molar-refractivity contribution < 1.29 is 28.7 Å². The van der Waals surface area contributed by atoms with Gasteiger partial charge in [0.2, 0.25) is 0 Å². The van der Waals surface area contributed by atoms with E-state index in [4.69, 9.17) is 0 Å². The minimum atomic E-state index is 0. The Kier molecular flexibility index (Phi) is 4.00. The van der Waals surface area contributed by atoms with Gasteiger partial charge in [0.1, 0.15) is 5.69 Å². The molecule has 14 heavy (non-hydrogen) atoms. The second-order valence-corrected chi connectivity index (χ2v) is 2.93. The van der Waals surface area contributed by atoms with E-state index >= 15 is 0 Å². The van der Waals surface area contributed by atoms with E-state index < -0.39 is 0 Å². The number of hydrogen-bond donors (Lipinski definition) is 0. The fourth-order valence-corrected chi connectivity index (χ4v) is 1.26. The Morgan fingerprint density at radius 3 is 2.36 bits per heavy atom. The Labute approximate surface area is 101 Å². The van der Waals surface area contributed by atoms with Crippen LogP contribution in [0.2, 0.25) is 0 Å². The summed E-state index contributed by atoms with van der Waals surface area (Å²) in [7, 11) is 1.92. The van der Waals surface area contributed by atoms with Crippen molar-refractivity contribution in [3.8, 4) is 11.3 Å². The second-order valence-electron chi connectivity index (χ2n) is 2.93. The molecule has 2 nitrogen and oxygen atoms in total. The van der Waals surface area contributed by atoms with E-state index in [-0.39, 0.29) is 24.0 Å². The lowest BCUT2D eigenvalue weighted by molar-refractivity contribution is -0.729. The summed E-state index contributed by atoms with van der Waals surface area (Å²) in [5.41, 5.74) is 2.16. The molecule has 72 valence electrons. The molecule has 3 heteroatoms. The molecule has 0 aliphatic carbocycles. The first-order valence-corrected chi connectivity index (χ1v) is 4.25. The van der Waals surface area contributed by atoms with Gasteiger partial charge in [-0.3, -0.25) is 0 Å². The van der Waals surface area contributed by atoms with Crippen LogP contribution in [0.3, 0.4) is 0 Å². The molecular formula is C11H11IN2. The molecule has 1 aromatic heterocycles. The molecule has 0 N–H and O–H groups in total.